The van der Waals surface area contributed by atoms with E-state index in [1.165, 1.54) is 0 Å². The first-order valence-corrected chi connectivity index (χ1v) is 6.62. The summed E-state index contributed by atoms with van der Waals surface area (Å²) in [6, 6.07) is 1.86. The Balaban J connectivity index is 2.82. The fourth-order valence-corrected chi connectivity index (χ4v) is 2.36. The summed E-state index contributed by atoms with van der Waals surface area (Å²) >= 11 is 9.35. The summed E-state index contributed by atoms with van der Waals surface area (Å²) in [5, 5.41) is 0.638. The van der Waals surface area contributed by atoms with Crippen molar-refractivity contribution in [2.75, 3.05) is 24.5 Å². The van der Waals surface area contributed by atoms with Gasteiger partial charge in [-0.2, -0.15) is 0 Å². The molecule has 1 aromatic rings. The highest BCUT2D eigenvalue weighted by Gasteiger charge is 2.10. The summed E-state index contributed by atoms with van der Waals surface area (Å²) in [6.07, 6.45) is 3.96. The number of anilines is 1. The van der Waals surface area contributed by atoms with Gasteiger partial charge in [-0.25, -0.2) is 4.98 Å². The Morgan fingerprint density at radius 2 is 2.25 bits per heavy atom. The van der Waals surface area contributed by atoms with Crippen LogP contribution in [0.5, 0.6) is 0 Å². The van der Waals surface area contributed by atoms with Crippen molar-refractivity contribution in [1.82, 2.24) is 4.98 Å². The molecule has 0 unspecified atom stereocenters. The lowest BCUT2D eigenvalue weighted by Gasteiger charge is -2.23. The standard InChI is InChI=1S/C11H17BrClN3/c1-2-3-5-16(6-4-14)11-10(12)7-9(13)8-15-11/h7-8H,2-6,14H2,1H3. The molecule has 0 atom stereocenters. The Morgan fingerprint density at radius 3 is 2.81 bits per heavy atom. The second kappa shape index (κ2) is 7.09. The molecule has 0 aliphatic heterocycles. The average molecular weight is 307 g/mol. The van der Waals surface area contributed by atoms with E-state index in [2.05, 4.69) is 32.7 Å². The van der Waals surface area contributed by atoms with E-state index in [-0.39, 0.29) is 0 Å². The first-order valence-electron chi connectivity index (χ1n) is 5.45. The minimum Gasteiger partial charge on any atom is -0.354 e. The highest BCUT2D eigenvalue weighted by molar-refractivity contribution is 9.10. The normalized spacial score (nSPS) is 10.5. The van der Waals surface area contributed by atoms with E-state index in [1.54, 1.807) is 6.20 Å². The van der Waals surface area contributed by atoms with Crippen molar-refractivity contribution in [2.45, 2.75) is 19.8 Å². The van der Waals surface area contributed by atoms with Gasteiger partial charge in [0.1, 0.15) is 5.82 Å². The second-order valence-electron chi connectivity index (χ2n) is 3.59. The maximum absolute atomic E-state index is 5.87. The number of rotatable bonds is 6. The molecular weight excluding hydrogens is 289 g/mol. The largest absolute Gasteiger partial charge is 0.354 e. The lowest BCUT2D eigenvalue weighted by molar-refractivity contribution is 0.706. The third-order valence-corrected chi connectivity index (χ3v) is 3.06. The van der Waals surface area contributed by atoms with Gasteiger partial charge in [-0.05, 0) is 28.4 Å². The number of pyridine rings is 1. The van der Waals surface area contributed by atoms with Gasteiger partial charge in [0.15, 0.2) is 0 Å². The summed E-state index contributed by atoms with van der Waals surface area (Å²) in [4.78, 5) is 6.53. The summed E-state index contributed by atoms with van der Waals surface area (Å²) in [5.74, 6) is 0.920. The highest BCUT2D eigenvalue weighted by Crippen LogP contribution is 2.26. The van der Waals surface area contributed by atoms with Crippen LogP contribution in [0.25, 0.3) is 0 Å². The minimum absolute atomic E-state index is 0.625. The van der Waals surface area contributed by atoms with Crippen molar-refractivity contribution < 1.29 is 0 Å². The molecular formula is C11H17BrClN3. The van der Waals surface area contributed by atoms with Gasteiger partial charge in [-0.1, -0.05) is 24.9 Å². The smallest absolute Gasteiger partial charge is 0.143 e. The number of aromatic nitrogens is 1. The third kappa shape index (κ3) is 3.92. The molecule has 0 aliphatic carbocycles. The lowest BCUT2D eigenvalue weighted by Crippen LogP contribution is -2.31. The molecule has 0 aliphatic rings. The highest BCUT2D eigenvalue weighted by atomic mass is 79.9. The number of nitrogens with two attached hydrogens (primary N) is 1. The topological polar surface area (TPSA) is 42.1 Å². The number of nitrogens with zero attached hydrogens (tertiary/aromatic N) is 2. The lowest BCUT2D eigenvalue weighted by atomic mass is 10.3. The van der Waals surface area contributed by atoms with Crippen LogP contribution in [0, 0.1) is 0 Å². The third-order valence-electron chi connectivity index (χ3n) is 2.27. The summed E-state index contributed by atoms with van der Waals surface area (Å²) in [5.41, 5.74) is 5.61. The monoisotopic (exact) mass is 305 g/mol. The minimum atomic E-state index is 0.625. The van der Waals surface area contributed by atoms with Crippen LogP contribution in [0.2, 0.25) is 5.02 Å². The molecule has 0 radical (unpaired) electrons. The zero-order valence-corrected chi connectivity index (χ0v) is 11.8. The molecule has 0 fully saturated rings. The Hall–Kier alpha value is -0.320. The molecule has 0 amide bonds. The molecule has 1 rings (SSSR count). The van der Waals surface area contributed by atoms with E-state index in [4.69, 9.17) is 17.3 Å². The molecule has 1 aromatic heterocycles. The van der Waals surface area contributed by atoms with Crippen molar-refractivity contribution in [3.05, 3.63) is 21.8 Å². The Morgan fingerprint density at radius 1 is 1.50 bits per heavy atom. The Labute approximate surface area is 110 Å². The Kier molecular flexibility index (Phi) is 6.09. The summed E-state index contributed by atoms with van der Waals surface area (Å²) in [6.45, 7) is 4.58. The van der Waals surface area contributed by atoms with Gasteiger partial charge in [0.2, 0.25) is 0 Å². The van der Waals surface area contributed by atoms with Gasteiger partial charge in [0, 0.05) is 25.8 Å². The Bertz CT molecular complexity index is 333. The quantitative estimate of drug-likeness (QED) is 0.878. The molecule has 0 bridgehead atoms. The van der Waals surface area contributed by atoms with E-state index < -0.39 is 0 Å². The first kappa shape index (κ1) is 13.7. The molecule has 16 heavy (non-hydrogen) atoms. The van der Waals surface area contributed by atoms with Crippen LogP contribution in [-0.2, 0) is 0 Å². The van der Waals surface area contributed by atoms with Gasteiger partial charge >= 0.3 is 0 Å². The van der Waals surface area contributed by atoms with Crippen molar-refractivity contribution in [3.8, 4) is 0 Å². The zero-order valence-electron chi connectivity index (χ0n) is 9.42. The van der Waals surface area contributed by atoms with E-state index in [9.17, 15) is 0 Å². The molecule has 1 heterocycles. The fraction of sp³-hybridized carbons (Fsp3) is 0.545. The van der Waals surface area contributed by atoms with Crippen LogP contribution in [0.4, 0.5) is 5.82 Å². The van der Waals surface area contributed by atoms with E-state index in [0.29, 0.717) is 11.6 Å². The predicted octanol–water partition coefficient (Wildman–Crippen LogP) is 3.06. The predicted molar refractivity (Wildman–Crippen MR) is 73.1 cm³/mol. The van der Waals surface area contributed by atoms with Gasteiger partial charge < -0.3 is 10.6 Å². The van der Waals surface area contributed by atoms with Gasteiger partial charge in [0.05, 0.1) is 9.50 Å². The summed E-state index contributed by atoms with van der Waals surface area (Å²) in [7, 11) is 0. The van der Waals surface area contributed by atoms with Crippen LogP contribution in [0.3, 0.4) is 0 Å². The van der Waals surface area contributed by atoms with Crippen molar-refractivity contribution in [3.63, 3.8) is 0 Å². The molecule has 0 saturated carbocycles. The number of halogens is 2. The summed E-state index contributed by atoms with van der Waals surface area (Å²) < 4.78 is 0.921. The molecule has 3 nitrogen and oxygen atoms in total. The maximum atomic E-state index is 5.87. The maximum Gasteiger partial charge on any atom is 0.143 e. The first-order chi connectivity index (χ1) is 7.69. The van der Waals surface area contributed by atoms with E-state index in [0.717, 1.165) is 36.2 Å². The number of unbranched alkanes of at least 4 members (excludes halogenated alkanes) is 1. The zero-order chi connectivity index (χ0) is 12.0. The van der Waals surface area contributed by atoms with Crippen LogP contribution >= 0.6 is 27.5 Å². The van der Waals surface area contributed by atoms with Crippen molar-refractivity contribution in [2.24, 2.45) is 5.73 Å². The van der Waals surface area contributed by atoms with Gasteiger partial charge in [-0.3, -0.25) is 0 Å². The molecule has 5 heteroatoms. The van der Waals surface area contributed by atoms with E-state index >= 15 is 0 Å². The number of hydrogen-bond donors (Lipinski definition) is 1. The van der Waals surface area contributed by atoms with Crippen LogP contribution in [0.1, 0.15) is 19.8 Å². The van der Waals surface area contributed by atoms with Gasteiger partial charge in [0.25, 0.3) is 0 Å². The molecule has 0 spiro atoms. The molecule has 0 saturated heterocycles. The number of hydrogen-bond acceptors (Lipinski definition) is 3. The van der Waals surface area contributed by atoms with Crippen LogP contribution in [0.15, 0.2) is 16.7 Å². The van der Waals surface area contributed by atoms with Gasteiger partial charge in [-0.15, -0.1) is 0 Å². The van der Waals surface area contributed by atoms with Crippen molar-refractivity contribution >= 4 is 33.3 Å². The van der Waals surface area contributed by atoms with Crippen LogP contribution < -0.4 is 10.6 Å². The second-order valence-corrected chi connectivity index (χ2v) is 4.88. The van der Waals surface area contributed by atoms with Crippen molar-refractivity contribution in [1.29, 1.82) is 0 Å². The van der Waals surface area contributed by atoms with Crippen LogP contribution in [-0.4, -0.2) is 24.6 Å². The SMILES string of the molecule is CCCCN(CCN)c1ncc(Cl)cc1Br. The molecule has 2 N–H and O–H groups in total. The average Bonchev–Trinajstić information content (AvgIpc) is 2.25. The fourth-order valence-electron chi connectivity index (χ4n) is 1.47. The molecule has 90 valence electrons. The molecule has 0 aromatic carbocycles. The van der Waals surface area contributed by atoms with E-state index in [1.807, 2.05) is 6.07 Å².